The first kappa shape index (κ1) is 13.0. The lowest BCUT2D eigenvalue weighted by atomic mass is 10.2. The molecule has 0 atom stereocenters. The van der Waals surface area contributed by atoms with Gasteiger partial charge in [0.25, 0.3) is 6.43 Å². The molecule has 0 aliphatic carbocycles. The Hall–Kier alpha value is -2.11. The molecule has 0 aliphatic heterocycles. The molecule has 1 heterocycles. The molecule has 0 unspecified atom stereocenters. The van der Waals surface area contributed by atoms with Crippen molar-refractivity contribution >= 4 is 5.82 Å². The van der Waals surface area contributed by atoms with E-state index in [4.69, 9.17) is 11.0 Å². The van der Waals surface area contributed by atoms with E-state index < -0.39 is 35.6 Å². The second-order valence-corrected chi connectivity index (χ2v) is 2.78. The highest BCUT2D eigenvalue weighted by Crippen LogP contribution is 2.33. The first-order valence-corrected chi connectivity index (χ1v) is 3.99. The summed E-state index contributed by atoms with van der Waals surface area (Å²) in [6.07, 6.45) is -8.44. The second kappa shape index (κ2) is 4.40. The lowest BCUT2D eigenvalue weighted by Gasteiger charge is -2.12. The van der Waals surface area contributed by atoms with Crippen LogP contribution in [0.3, 0.4) is 0 Å². The maximum Gasteiger partial charge on any atom is 0.574 e. The van der Waals surface area contributed by atoms with E-state index in [0.29, 0.717) is 6.07 Å². The molecule has 2 N–H and O–H groups in total. The Labute approximate surface area is 91.4 Å². The second-order valence-electron chi connectivity index (χ2n) is 2.78. The molecular formula is C8H4F5N3O. The maximum absolute atomic E-state index is 12.4. The van der Waals surface area contributed by atoms with E-state index in [-0.39, 0.29) is 0 Å². The van der Waals surface area contributed by atoms with Gasteiger partial charge in [0.05, 0.1) is 11.1 Å². The van der Waals surface area contributed by atoms with E-state index in [0.717, 1.165) is 0 Å². The average molecular weight is 253 g/mol. The Kier molecular flexibility index (Phi) is 3.36. The van der Waals surface area contributed by atoms with Crippen molar-refractivity contribution in [2.24, 2.45) is 0 Å². The van der Waals surface area contributed by atoms with Gasteiger partial charge in [-0.2, -0.15) is 10.2 Å². The summed E-state index contributed by atoms with van der Waals surface area (Å²) in [7, 11) is 0. The minimum absolute atomic E-state index is 0.449. The number of nitrogens with two attached hydrogens (primary N) is 1. The topological polar surface area (TPSA) is 71.9 Å². The van der Waals surface area contributed by atoms with Crippen molar-refractivity contribution in [3.05, 3.63) is 17.2 Å². The van der Waals surface area contributed by atoms with Crippen LogP contribution in [0, 0.1) is 11.3 Å². The Morgan fingerprint density at radius 1 is 1.41 bits per heavy atom. The number of nitrogen functional groups attached to an aromatic ring is 1. The van der Waals surface area contributed by atoms with Crippen molar-refractivity contribution in [1.29, 1.82) is 5.26 Å². The number of rotatable bonds is 2. The SMILES string of the molecule is N#Cc1cc(C(F)F)c(OC(F)(F)F)nc1N. The molecule has 1 rings (SSSR count). The molecule has 0 radical (unpaired) electrons. The molecule has 4 nitrogen and oxygen atoms in total. The van der Waals surface area contributed by atoms with Crippen LogP contribution in [-0.4, -0.2) is 11.3 Å². The monoisotopic (exact) mass is 253 g/mol. The number of pyridine rings is 1. The van der Waals surface area contributed by atoms with Crippen LogP contribution in [-0.2, 0) is 0 Å². The molecule has 0 amide bonds. The zero-order valence-corrected chi connectivity index (χ0v) is 7.92. The van der Waals surface area contributed by atoms with Gasteiger partial charge in [-0.05, 0) is 6.07 Å². The van der Waals surface area contributed by atoms with Gasteiger partial charge in [-0.3, -0.25) is 0 Å². The molecule has 0 bridgehead atoms. The van der Waals surface area contributed by atoms with E-state index in [1.807, 2.05) is 0 Å². The number of halogens is 5. The Balaban J connectivity index is 3.29. The minimum atomic E-state index is -5.17. The predicted molar refractivity (Wildman–Crippen MR) is 45.0 cm³/mol. The molecule has 92 valence electrons. The molecule has 0 fully saturated rings. The molecular weight excluding hydrogens is 249 g/mol. The third-order valence-electron chi connectivity index (χ3n) is 1.61. The van der Waals surface area contributed by atoms with Crippen LogP contribution in [0.25, 0.3) is 0 Å². The predicted octanol–water partition coefficient (Wildman–Crippen LogP) is 2.37. The quantitative estimate of drug-likeness (QED) is 0.821. The molecule has 0 saturated carbocycles. The van der Waals surface area contributed by atoms with Gasteiger partial charge < -0.3 is 10.5 Å². The van der Waals surface area contributed by atoms with Crippen molar-refractivity contribution in [2.75, 3.05) is 5.73 Å². The summed E-state index contributed by atoms with van der Waals surface area (Å²) >= 11 is 0. The van der Waals surface area contributed by atoms with Gasteiger partial charge in [0.2, 0.25) is 5.88 Å². The molecule has 0 aromatic carbocycles. The summed E-state index contributed by atoms with van der Waals surface area (Å²) in [5.41, 5.74) is 3.50. The Morgan fingerprint density at radius 3 is 2.41 bits per heavy atom. The van der Waals surface area contributed by atoms with Crippen LogP contribution in [0.4, 0.5) is 27.8 Å². The van der Waals surface area contributed by atoms with Crippen molar-refractivity contribution in [3.63, 3.8) is 0 Å². The molecule has 9 heteroatoms. The summed E-state index contributed by atoms with van der Waals surface area (Å²) in [6.45, 7) is 0. The number of hydrogen-bond donors (Lipinski definition) is 1. The van der Waals surface area contributed by atoms with Crippen LogP contribution in [0.5, 0.6) is 5.88 Å². The van der Waals surface area contributed by atoms with E-state index in [2.05, 4.69) is 9.72 Å². The number of aromatic nitrogens is 1. The van der Waals surface area contributed by atoms with Gasteiger partial charge in [-0.15, -0.1) is 13.2 Å². The van der Waals surface area contributed by atoms with Gasteiger partial charge in [-0.25, -0.2) is 8.78 Å². The zero-order chi connectivity index (χ0) is 13.2. The van der Waals surface area contributed by atoms with Crippen LogP contribution in [0.1, 0.15) is 17.6 Å². The maximum atomic E-state index is 12.4. The van der Waals surface area contributed by atoms with Crippen LogP contribution in [0.2, 0.25) is 0 Å². The number of nitriles is 1. The molecule has 0 aliphatic rings. The number of ether oxygens (including phenoxy) is 1. The summed E-state index contributed by atoms with van der Waals surface area (Å²) in [4.78, 5) is 2.98. The normalized spacial score (nSPS) is 11.4. The average Bonchev–Trinajstić information content (AvgIpc) is 2.14. The third-order valence-corrected chi connectivity index (χ3v) is 1.61. The largest absolute Gasteiger partial charge is 0.574 e. The Morgan fingerprint density at radius 2 is 2.00 bits per heavy atom. The number of hydrogen-bond acceptors (Lipinski definition) is 4. The molecule has 1 aromatic heterocycles. The van der Waals surface area contributed by atoms with Gasteiger partial charge in [0, 0.05) is 0 Å². The fourth-order valence-electron chi connectivity index (χ4n) is 0.963. The van der Waals surface area contributed by atoms with E-state index in [1.54, 1.807) is 0 Å². The number of nitrogens with zero attached hydrogens (tertiary/aromatic N) is 2. The first-order chi connectivity index (χ1) is 7.74. The lowest BCUT2D eigenvalue weighted by molar-refractivity contribution is -0.276. The van der Waals surface area contributed by atoms with Crippen LogP contribution in [0.15, 0.2) is 6.07 Å². The van der Waals surface area contributed by atoms with Crippen molar-refractivity contribution < 1.29 is 26.7 Å². The number of anilines is 1. The van der Waals surface area contributed by atoms with Crippen LogP contribution >= 0.6 is 0 Å². The summed E-state index contributed by atoms with van der Waals surface area (Å²) in [6, 6.07) is 1.93. The minimum Gasteiger partial charge on any atom is -0.387 e. The molecule has 1 aromatic rings. The first-order valence-electron chi connectivity index (χ1n) is 3.99. The van der Waals surface area contributed by atoms with E-state index in [1.165, 1.54) is 6.07 Å². The lowest BCUT2D eigenvalue weighted by Crippen LogP contribution is -2.19. The van der Waals surface area contributed by atoms with Gasteiger partial charge in [0.15, 0.2) is 0 Å². The standard InChI is InChI=1S/C8H4F5N3O/c9-5(10)4-1-3(2-14)6(15)16-7(4)17-8(11,12)13/h1,5H,(H2,15,16). The van der Waals surface area contributed by atoms with Crippen molar-refractivity contribution in [1.82, 2.24) is 4.98 Å². The highest BCUT2D eigenvalue weighted by Gasteiger charge is 2.34. The highest BCUT2D eigenvalue weighted by atomic mass is 19.4. The third kappa shape index (κ3) is 3.17. The van der Waals surface area contributed by atoms with E-state index in [9.17, 15) is 22.0 Å². The smallest absolute Gasteiger partial charge is 0.387 e. The fourth-order valence-corrected chi connectivity index (χ4v) is 0.963. The van der Waals surface area contributed by atoms with Gasteiger partial charge >= 0.3 is 6.36 Å². The van der Waals surface area contributed by atoms with Gasteiger partial charge in [0.1, 0.15) is 11.9 Å². The highest BCUT2D eigenvalue weighted by molar-refractivity contribution is 5.52. The Bertz CT molecular complexity index is 465. The summed E-state index contributed by atoms with van der Waals surface area (Å²) in [5.74, 6) is -1.97. The summed E-state index contributed by atoms with van der Waals surface area (Å²) < 4.78 is 63.8. The van der Waals surface area contributed by atoms with E-state index >= 15 is 0 Å². The molecule has 0 spiro atoms. The number of alkyl halides is 5. The van der Waals surface area contributed by atoms with Gasteiger partial charge in [-0.1, -0.05) is 0 Å². The zero-order valence-electron chi connectivity index (χ0n) is 7.92. The molecule has 0 saturated heterocycles. The summed E-state index contributed by atoms with van der Waals surface area (Å²) in [5, 5.41) is 8.47. The van der Waals surface area contributed by atoms with Crippen LogP contribution < -0.4 is 10.5 Å². The fraction of sp³-hybridized carbons (Fsp3) is 0.250. The van der Waals surface area contributed by atoms with Crippen molar-refractivity contribution in [3.8, 4) is 11.9 Å². The van der Waals surface area contributed by atoms with Crippen molar-refractivity contribution in [2.45, 2.75) is 12.8 Å². The molecule has 17 heavy (non-hydrogen) atoms.